The van der Waals surface area contributed by atoms with Gasteiger partial charge in [-0.1, -0.05) is 34.3 Å². The van der Waals surface area contributed by atoms with E-state index in [9.17, 15) is 4.79 Å². The predicted octanol–water partition coefficient (Wildman–Crippen LogP) is 4.45. The molecule has 0 radical (unpaired) electrons. The first-order chi connectivity index (χ1) is 8.11. The molecule has 0 aromatic heterocycles. The summed E-state index contributed by atoms with van der Waals surface area (Å²) in [6, 6.07) is 0. The number of ketones is 1. The van der Waals surface area contributed by atoms with Gasteiger partial charge >= 0.3 is 0 Å². The largest absolute Gasteiger partial charge is 0.295 e. The first kappa shape index (κ1) is 17.1. The summed E-state index contributed by atoms with van der Waals surface area (Å²) in [4.78, 5) is 16.3. The molecule has 2 nitrogen and oxygen atoms in total. The lowest BCUT2D eigenvalue weighted by atomic mass is 9.87. The van der Waals surface area contributed by atoms with E-state index in [1.54, 1.807) is 0 Å². The predicted molar refractivity (Wildman–Crippen MR) is 80.3 cm³/mol. The summed E-state index contributed by atoms with van der Waals surface area (Å²) in [7, 11) is 0. The van der Waals surface area contributed by atoms with Crippen molar-refractivity contribution in [1.82, 2.24) is 0 Å². The quantitative estimate of drug-likeness (QED) is 0.485. The van der Waals surface area contributed by atoms with Gasteiger partial charge in [-0.2, -0.15) is 0 Å². The maximum atomic E-state index is 12.0. The maximum Gasteiger partial charge on any atom is 0.158 e. The minimum Gasteiger partial charge on any atom is -0.295 e. The third-order valence-electron chi connectivity index (χ3n) is 2.82. The lowest BCUT2D eigenvalue weighted by molar-refractivity contribution is -0.116. The van der Waals surface area contributed by atoms with Crippen LogP contribution >= 0.6 is 0 Å². The van der Waals surface area contributed by atoms with Gasteiger partial charge in [-0.3, -0.25) is 9.79 Å². The average Bonchev–Trinajstić information content (AvgIpc) is 2.21. The van der Waals surface area contributed by atoms with Crippen molar-refractivity contribution in [3.05, 3.63) is 12.2 Å². The molecule has 0 spiro atoms. The molecule has 0 saturated heterocycles. The van der Waals surface area contributed by atoms with Crippen molar-refractivity contribution in [3.63, 3.8) is 0 Å². The molecule has 0 N–H and O–H groups in total. The van der Waals surface area contributed by atoms with Crippen molar-refractivity contribution in [3.8, 4) is 0 Å². The molecular weight excluding hydrogens is 222 g/mol. The van der Waals surface area contributed by atoms with Crippen LogP contribution in [0.1, 0.15) is 60.8 Å². The van der Waals surface area contributed by atoms with E-state index in [-0.39, 0.29) is 11.2 Å². The molecule has 0 bridgehead atoms. The SMILES string of the molecule is C=C(CCC(C)(C)C)C(=O)CC(C)CN=C(C)C. The number of nitrogens with zero attached hydrogens (tertiary/aromatic N) is 1. The highest BCUT2D eigenvalue weighted by Gasteiger charge is 2.15. The fourth-order valence-corrected chi connectivity index (χ4v) is 1.53. The lowest BCUT2D eigenvalue weighted by Crippen LogP contribution is -2.12. The van der Waals surface area contributed by atoms with E-state index in [1.807, 2.05) is 13.8 Å². The van der Waals surface area contributed by atoms with Gasteiger partial charge in [-0.25, -0.2) is 0 Å². The van der Waals surface area contributed by atoms with Gasteiger partial charge < -0.3 is 0 Å². The van der Waals surface area contributed by atoms with E-state index in [0.717, 1.165) is 30.7 Å². The number of hydrogen-bond donors (Lipinski definition) is 0. The zero-order valence-corrected chi connectivity index (χ0v) is 13.0. The third kappa shape index (κ3) is 9.15. The van der Waals surface area contributed by atoms with Crippen molar-refractivity contribution < 1.29 is 4.79 Å². The fourth-order valence-electron chi connectivity index (χ4n) is 1.53. The molecule has 0 amide bonds. The number of rotatable bonds is 7. The highest BCUT2D eigenvalue weighted by molar-refractivity contribution is 5.94. The second-order valence-corrected chi connectivity index (χ2v) is 6.68. The molecule has 1 unspecified atom stereocenters. The monoisotopic (exact) mass is 251 g/mol. The van der Waals surface area contributed by atoms with Crippen LogP contribution in [0.25, 0.3) is 0 Å². The van der Waals surface area contributed by atoms with Gasteiger partial charge in [0.15, 0.2) is 5.78 Å². The van der Waals surface area contributed by atoms with E-state index < -0.39 is 0 Å². The molecule has 0 aliphatic rings. The number of aliphatic imine (C=N–C) groups is 1. The van der Waals surface area contributed by atoms with E-state index in [1.165, 1.54) is 0 Å². The number of hydrogen-bond acceptors (Lipinski definition) is 2. The molecule has 0 aromatic carbocycles. The molecule has 0 aromatic rings. The van der Waals surface area contributed by atoms with Gasteiger partial charge in [-0.05, 0) is 43.6 Å². The van der Waals surface area contributed by atoms with Gasteiger partial charge in [0.2, 0.25) is 0 Å². The van der Waals surface area contributed by atoms with Gasteiger partial charge in [0.25, 0.3) is 0 Å². The average molecular weight is 251 g/mol. The lowest BCUT2D eigenvalue weighted by Gasteiger charge is -2.18. The molecule has 18 heavy (non-hydrogen) atoms. The van der Waals surface area contributed by atoms with Crippen molar-refractivity contribution in [2.75, 3.05) is 6.54 Å². The first-order valence-corrected chi connectivity index (χ1v) is 6.80. The summed E-state index contributed by atoms with van der Waals surface area (Å²) in [5.41, 5.74) is 2.10. The number of carbonyl (C=O) groups is 1. The van der Waals surface area contributed by atoms with Crippen LogP contribution in [0.15, 0.2) is 17.1 Å². The van der Waals surface area contributed by atoms with Crippen molar-refractivity contribution >= 4 is 11.5 Å². The molecule has 2 heteroatoms. The van der Waals surface area contributed by atoms with E-state index in [4.69, 9.17) is 0 Å². The second-order valence-electron chi connectivity index (χ2n) is 6.68. The van der Waals surface area contributed by atoms with Gasteiger partial charge in [0.1, 0.15) is 0 Å². The summed E-state index contributed by atoms with van der Waals surface area (Å²) in [6.07, 6.45) is 2.39. The highest BCUT2D eigenvalue weighted by Crippen LogP contribution is 2.24. The summed E-state index contributed by atoms with van der Waals surface area (Å²) in [6.45, 7) is 17.3. The molecule has 0 aliphatic heterocycles. The Morgan fingerprint density at radius 2 is 1.83 bits per heavy atom. The Balaban J connectivity index is 4.09. The molecule has 0 rings (SSSR count). The summed E-state index contributed by atoms with van der Waals surface area (Å²) in [5, 5.41) is 0. The van der Waals surface area contributed by atoms with Gasteiger partial charge in [-0.15, -0.1) is 0 Å². The fraction of sp³-hybridized carbons (Fsp3) is 0.750. The van der Waals surface area contributed by atoms with E-state index >= 15 is 0 Å². The third-order valence-corrected chi connectivity index (χ3v) is 2.82. The van der Waals surface area contributed by atoms with Gasteiger partial charge in [0, 0.05) is 18.7 Å². The Labute approximate surface area is 113 Å². The zero-order valence-electron chi connectivity index (χ0n) is 13.0. The summed E-state index contributed by atoms with van der Waals surface area (Å²) in [5.74, 6) is 0.509. The number of carbonyl (C=O) groups excluding carboxylic acids is 1. The van der Waals surface area contributed by atoms with Crippen molar-refractivity contribution in [2.45, 2.75) is 60.8 Å². The van der Waals surface area contributed by atoms with Crippen LogP contribution in [-0.4, -0.2) is 18.0 Å². The van der Waals surface area contributed by atoms with Crippen LogP contribution in [0, 0.1) is 11.3 Å². The first-order valence-electron chi connectivity index (χ1n) is 6.80. The Hall–Kier alpha value is -0.920. The minimum atomic E-state index is 0.204. The molecular formula is C16H29NO. The van der Waals surface area contributed by atoms with Crippen LogP contribution < -0.4 is 0 Å². The Kier molecular flexibility index (Phi) is 7.12. The number of Topliss-reactive ketones (excluding diaryl/α,β-unsaturated/α-hetero) is 1. The maximum absolute atomic E-state index is 12.0. The molecule has 0 heterocycles. The van der Waals surface area contributed by atoms with E-state index in [0.29, 0.717) is 12.3 Å². The van der Waals surface area contributed by atoms with Crippen LogP contribution in [0.3, 0.4) is 0 Å². The normalized spacial score (nSPS) is 13.0. The smallest absolute Gasteiger partial charge is 0.158 e. The standard InChI is InChI=1S/C16H29NO/c1-12(2)17-11-13(3)10-15(18)14(4)8-9-16(5,6)7/h13H,4,8-11H2,1-3,5-7H3. The van der Waals surface area contributed by atoms with E-state index in [2.05, 4.69) is 39.3 Å². The van der Waals surface area contributed by atoms with Gasteiger partial charge in [0.05, 0.1) is 0 Å². The van der Waals surface area contributed by atoms with Crippen LogP contribution in [0.4, 0.5) is 0 Å². The number of allylic oxidation sites excluding steroid dienone is 1. The second kappa shape index (κ2) is 7.50. The zero-order chi connectivity index (χ0) is 14.3. The van der Waals surface area contributed by atoms with Crippen molar-refractivity contribution in [1.29, 1.82) is 0 Å². The van der Waals surface area contributed by atoms with Crippen LogP contribution in [-0.2, 0) is 4.79 Å². The Morgan fingerprint density at radius 1 is 1.28 bits per heavy atom. The molecule has 0 fully saturated rings. The summed E-state index contributed by atoms with van der Waals surface area (Å²) >= 11 is 0. The van der Waals surface area contributed by atoms with Crippen molar-refractivity contribution in [2.24, 2.45) is 16.3 Å². The molecule has 0 aliphatic carbocycles. The highest BCUT2D eigenvalue weighted by atomic mass is 16.1. The van der Waals surface area contributed by atoms with Crippen LogP contribution in [0.2, 0.25) is 0 Å². The topological polar surface area (TPSA) is 29.4 Å². The molecule has 0 saturated carbocycles. The Bertz CT molecular complexity index is 316. The minimum absolute atomic E-state index is 0.204. The summed E-state index contributed by atoms with van der Waals surface area (Å²) < 4.78 is 0. The Morgan fingerprint density at radius 3 is 2.28 bits per heavy atom. The molecule has 104 valence electrons. The van der Waals surface area contributed by atoms with Crippen LogP contribution in [0.5, 0.6) is 0 Å². The molecule has 1 atom stereocenters.